The van der Waals surface area contributed by atoms with Gasteiger partial charge in [0, 0.05) is 26.6 Å². The highest BCUT2D eigenvalue weighted by Gasteiger charge is 2.20. The molecule has 0 saturated heterocycles. The summed E-state index contributed by atoms with van der Waals surface area (Å²) in [4.78, 5) is 29.7. The second kappa shape index (κ2) is 7.66. The lowest BCUT2D eigenvalue weighted by molar-refractivity contribution is 0.0925. The van der Waals surface area contributed by atoms with Crippen LogP contribution in [-0.4, -0.2) is 35.6 Å². The second-order valence-electron chi connectivity index (χ2n) is 6.17. The van der Waals surface area contributed by atoms with Gasteiger partial charge in [0.05, 0.1) is 0 Å². The minimum atomic E-state index is -0.315. The van der Waals surface area contributed by atoms with E-state index >= 15 is 0 Å². The zero-order chi connectivity index (χ0) is 17.9. The second-order valence-corrected chi connectivity index (χ2v) is 7.18. The molecule has 2 heterocycles. The Balaban J connectivity index is 0.00000312. The van der Waals surface area contributed by atoms with Crippen LogP contribution in [0, 0.1) is 5.92 Å². The Kier molecular flexibility index (Phi) is 5.83. The van der Waals surface area contributed by atoms with Crippen molar-refractivity contribution < 1.29 is 12.4 Å². The maximum atomic E-state index is 12.5. The minimum absolute atomic E-state index is 0. The molecule has 0 aromatic carbocycles. The van der Waals surface area contributed by atoms with Gasteiger partial charge in [-0.25, -0.2) is 4.98 Å². The van der Waals surface area contributed by atoms with Gasteiger partial charge in [-0.2, -0.15) is 0 Å². The number of nitrogens with one attached hydrogen (secondary N) is 2. The predicted molar refractivity (Wildman–Crippen MR) is 103 cm³/mol. The van der Waals surface area contributed by atoms with E-state index in [2.05, 4.69) is 22.2 Å². The summed E-state index contributed by atoms with van der Waals surface area (Å²) in [6, 6.07) is 3.46. The van der Waals surface area contributed by atoms with E-state index in [1.54, 1.807) is 30.9 Å². The summed E-state index contributed by atoms with van der Waals surface area (Å²) in [5.41, 5.74) is 2.32. The van der Waals surface area contributed by atoms with E-state index in [-0.39, 0.29) is 32.1 Å². The van der Waals surface area contributed by atoms with Crippen LogP contribution in [0.15, 0.2) is 30.4 Å². The highest BCUT2D eigenvalue weighted by atomic mass is 32.2. The molecule has 1 aliphatic rings. The summed E-state index contributed by atoms with van der Waals surface area (Å²) >= 11 is 1.64. The third-order valence-corrected chi connectivity index (χ3v) is 5.09. The number of thioether (sulfide) groups is 1. The molecule has 1 atom stereocenters. The fourth-order valence-electron chi connectivity index (χ4n) is 2.09. The summed E-state index contributed by atoms with van der Waals surface area (Å²) in [5.74, 6) is 0.543. The van der Waals surface area contributed by atoms with Gasteiger partial charge in [0.2, 0.25) is 0 Å². The molecule has 0 fully saturated rings. The van der Waals surface area contributed by atoms with Gasteiger partial charge in [-0.05, 0) is 42.2 Å². The molecule has 24 heavy (non-hydrogen) atoms. The third-order valence-electron chi connectivity index (χ3n) is 3.91. The van der Waals surface area contributed by atoms with Crippen molar-refractivity contribution in [3.8, 4) is 0 Å². The van der Waals surface area contributed by atoms with Gasteiger partial charge in [-0.3, -0.25) is 9.59 Å². The van der Waals surface area contributed by atoms with E-state index in [1.807, 2.05) is 26.8 Å². The first kappa shape index (κ1) is 18.3. The highest BCUT2D eigenvalue weighted by Crippen LogP contribution is 2.36. The maximum Gasteiger partial charge on any atom is 0.270 e. The van der Waals surface area contributed by atoms with Crippen LogP contribution in [0.2, 0.25) is 0 Å². The number of aromatic nitrogens is 1. The first-order chi connectivity index (χ1) is 11.3. The van der Waals surface area contributed by atoms with Crippen molar-refractivity contribution in [3.63, 3.8) is 0 Å². The molecule has 5 nitrogen and oxygen atoms in total. The van der Waals surface area contributed by atoms with Crippen LogP contribution in [0.25, 0.3) is 4.91 Å². The number of hydrogen-bond donors (Lipinski definition) is 2. The van der Waals surface area contributed by atoms with Crippen molar-refractivity contribution in [2.75, 3.05) is 12.8 Å². The lowest BCUT2D eigenvalue weighted by atomic mass is 10.1. The zero-order valence-electron chi connectivity index (χ0n) is 14.5. The van der Waals surface area contributed by atoms with E-state index in [1.165, 1.54) is 0 Å². The van der Waals surface area contributed by atoms with Gasteiger partial charge >= 0.3 is 0 Å². The normalized spacial score (nSPS) is 15.2. The van der Waals surface area contributed by atoms with E-state index in [4.69, 9.17) is 0 Å². The number of pyridine rings is 1. The highest BCUT2D eigenvalue weighted by molar-refractivity contribution is 8.08. The van der Waals surface area contributed by atoms with E-state index < -0.39 is 0 Å². The summed E-state index contributed by atoms with van der Waals surface area (Å²) < 4.78 is 0. The van der Waals surface area contributed by atoms with E-state index in [9.17, 15) is 9.59 Å². The van der Waals surface area contributed by atoms with Crippen molar-refractivity contribution in [1.29, 1.82) is 0 Å². The fraction of sp³-hybridized carbons (Fsp3) is 0.389. The summed E-state index contributed by atoms with van der Waals surface area (Å²) in [7, 11) is 1.54. The SMILES string of the molecule is C=C1C=C(c2cc(C(=O)NC)nc(C(=O)N[C@H](C)C(C)C)c2)SC1.[HH].[HH]. The average Bonchev–Trinajstić information content (AvgIpc) is 2.99. The molecule has 2 amide bonds. The maximum absolute atomic E-state index is 12.5. The van der Waals surface area contributed by atoms with Gasteiger partial charge in [0.25, 0.3) is 11.8 Å². The predicted octanol–water partition coefficient (Wildman–Crippen LogP) is 3.35. The Morgan fingerprint density at radius 1 is 1.25 bits per heavy atom. The number of allylic oxidation sites excluding steroid dienone is 1. The number of carbonyl (C=O) groups excluding carboxylic acids is 2. The number of hydrogen-bond acceptors (Lipinski definition) is 4. The molecule has 6 heteroatoms. The molecule has 1 aliphatic heterocycles. The van der Waals surface area contributed by atoms with Crippen molar-refractivity contribution in [2.24, 2.45) is 5.92 Å². The van der Waals surface area contributed by atoms with Gasteiger partial charge in [0.1, 0.15) is 11.4 Å². The molecule has 0 radical (unpaired) electrons. The largest absolute Gasteiger partial charge is 0.354 e. The Morgan fingerprint density at radius 2 is 1.88 bits per heavy atom. The van der Waals surface area contributed by atoms with Crippen LogP contribution >= 0.6 is 11.8 Å². The van der Waals surface area contributed by atoms with Gasteiger partial charge in [-0.1, -0.05) is 20.4 Å². The Morgan fingerprint density at radius 3 is 2.38 bits per heavy atom. The van der Waals surface area contributed by atoms with Crippen molar-refractivity contribution in [3.05, 3.63) is 47.3 Å². The molecule has 0 spiro atoms. The summed E-state index contributed by atoms with van der Waals surface area (Å²) in [6.45, 7) is 9.97. The van der Waals surface area contributed by atoms with Crippen LogP contribution in [0.3, 0.4) is 0 Å². The fourth-order valence-corrected chi connectivity index (χ4v) is 3.05. The van der Waals surface area contributed by atoms with Crippen LogP contribution < -0.4 is 10.6 Å². The molecule has 1 aromatic heterocycles. The van der Waals surface area contributed by atoms with Crippen LogP contribution in [0.1, 0.15) is 50.2 Å². The van der Waals surface area contributed by atoms with Crippen LogP contribution in [-0.2, 0) is 0 Å². The number of amides is 2. The molecule has 2 rings (SSSR count). The lowest BCUT2D eigenvalue weighted by Crippen LogP contribution is -2.37. The summed E-state index contributed by atoms with van der Waals surface area (Å²) in [6.07, 6.45) is 1.98. The minimum Gasteiger partial charge on any atom is -0.354 e. The molecule has 0 aliphatic carbocycles. The first-order valence-electron chi connectivity index (χ1n) is 7.89. The molecular weight excluding hydrogens is 322 g/mol. The van der Waals surface area contributed by atoms with Crippen LogP contribution in [0.5, 0.6) is 0 Å². The Hall–Kier alpha value is -2.08. The standard InChI is InChI=1S/C18H23N3O2S.2H2/c1-10(2)12(4)20-18(23)15-8-13(16-6-11(3)9-24-16)7-14(21-15)17(22)19-5;;/h6-8,10,12H,3,9H2,1-2,4-5H3,(H,19,22)(H,20,23);2*1H/t12-;;/m1../s1. The smallest absolute Gasteiger partial charge is 0.270 e. The molecule has 0 saturated carbocycles. The van der Waals surface area contributed by atoms with E-state index in [0.717, 1.165) is 21.8 Å². The van der Waals surface area contributed by atoms with Gasteiger partial charge in [-0.15, -0.1) is 11.8 Å². The topological polar surface area (TPSA) is 71.1 Å². The quantitative estimate of drug-likeness (QED) is 0.855. The number of rotatable bonds is 5. The molecule has 2 N–H and O–H groups in total. The Bertz CT molecular complexity index is 720. The van der Waals surface area contributed by atoms with Crippen molar-refractivity contribution >= 4 is 28.5 Å². The molecule has 132 valence electrons. The average molecular weight is 350 g/mol. The van der Waals surface area contributed by atoms with Crippen molar-refractivity contribution in [1.82, 2.24) is 15.6 Å². The van der Waals surface area contributed by atoms with Gasteiger partial charge < -0.3 is 10.6 Å². The summed E-state index contributed by atoms with van der Waals surface area (Å²) in [5, 5.41) is 5.49. The van der Waals surface area contributed by atoms with Crippen molar-refractivity contribution in [2.45, 2.75) is 26.8 Å². The van der Waals surface area contributed by atoms with Gasteiger partial charge in [0.15, 0.2) is 0 Å². The monoisotopic (exact) mass is 349 g/mol. The zero-order valence-corrected chi connectivity index (χ0v) is 15.3. The number of carbonyl (C=O) groups is 2. The number of nitrogens with zero attached hydrogens (tertiary/aromatic N) is 1. The Labute approximate surface area is 150 Å². The third kappa shape index (κ3) is 4.26. The lowest BCUT2D eigenvalue weighted by Gasteiger charge is -2.17. The first-order valence-corrected chi connectivity index (χ1v) is 8.88. The molecule has 0 unspecified atom stereocenters. The van der Waals surface area contributed by atoms with E-state index in [0.29, 0.717) is 5.92 Å². The molecule has 1 aromatic rings. The van der Waals surface area contributed by atoms with Crippen LogP contribution in [0.4, 0.5) is 0 Å². The molecular formula is C18H27N3O2S. The molecule has 0 bridgehead atoms.